The smallest absolute Gasteiger partial charge is 0.316 e. The quantitative estimate of drug-likeness (QED) is 0.388. The Balaban J connectivity index is 1.94. The van der Waals surface area contributed by atoms with Crippen LogP contribution in [-0.2, 0) is 16.1 Å². The van der Waals surface area contributed by atoms with Gasteiger partial charge >= 0.3 is 5.97 Å². The van der Waals surface area contributed by atoms with Crippen LogP contribution in [0.25, 0.3) is 10.9 Å². The minimum absolute atomic E-state index is 0.0696. The Bertz CT molecular complexity index is 971. The van der Waals surface area contributed by atoms with Crippen LogP contribution in [0.2, 0.25) is 0 Å². The molecule has 136 valence electrons. The first-order chi connectivity index (χ1) is 12.3. The van der Waals surface area contributed by atoms with Crippen LogP contribution in [0.4, 0.5) is 0 Å². The van der Waals surface area contributed by atoms with Gasteiger partial charge in [-0.25, -0.2) is 4.98 Å². The molecule has 0 amide bonds. The molecule has 7 heteroatoms. The number of esters is 1. The lowest BCUT2D eigenvalue weighted by Gasteiger charge is -2.19. The molecule has 0 saturated carbocycles. The number of hydrogen-bond acceptors (Lipinski definition) is 6. The van der Waals surface area contributed by atoms with Crippen molar-refractivity contribution < 1.29 is 13.9 Å². The lowest BCUT2D eigenvalue weighted by Crippen LogP contribution is -2.26. The Morgan fingerprint density at radius 3 is 2.69 bits per heavy atom. The first-order valence-electron chi connectivity index (χ1n) is 8.20. The number of fused-ring (bicyclic) bond motifs is 1. The maximum atomic E-state index is 12.9. The fourth-order valence-electron chi connectivity index (χ4n) is 2.45. The molecule has 6 nitrogen and oxygen atoms in total. The number of thioether (sulfide) groups is 1. The van der Waals surface area contributed by atoms with Gasteiger partial charge in [-0.3, -0.25) is 14.2 Å². The highest BCUT2D eigenvalue weighted by molar-refractivity contribution is 7.99. The third-order valence-corrected chi connectivity index (χ3v) is 4.41. The van der Waals surface area contributed by atoms with Gasteiger partial charge in [0.15, 0.2) is 5.16 Å². The molecule has 0 aliphatic rings. The zero-order valence-corrected chi connectivity index (χ0v) is 15.7. The average Bonchev–Trinajstić information content (AvgIpc) is 3.07. The van der Waals surface area contributed by atoms with Crippen molar-refractivity contribution in [1.82, 2.24) is 9.55 Å². The van der Waals surface area contributed by atoms with E-state index >= 15 is 0 Å². The van der Waals surface area contributed by atoms with Crippen LogP contribution in [0.15, 0.2) is 57.0 Å². The lowest BCUT2D eigenvalue weighted by molar-refractivity contribution is -0.151. The third-order valence-electron chi connectivity index (χ3n) is 3.46. The molecule has 3 aromatic rings. The van der Waals surface area contributed by atoms with E-state index in [1.807, 2.05) is 26.8 Å². The molecule has 0 aliphatic carbocycles. The summed E-state index contributed by atoms with van der Waals surface area (Å²) >= 11 is 1.18. The predicted molar refractivity (Wildman–Crippen MR) is 100 cm³/mol. The summed E-state index contributed by atoms with van der Waals surface area (Å²) in [5.74, 6) is 0.359. The molecule has 26 heavy (non-hydrogen) atoms. The normalized spacial score (nSPS) is 11.7. The van der Waals surface area contributed by atoms with E-state index in [4.69, 9.17) is 9.15 Å². The summed E-state index contributed by atoms with van der Waals surface area (Å²) in [7, 11) is 0. The third kappa shape index (κ3) is 4.35. The van der Waals surface area contributed by atoms with Crippen LogP contribution < -0.4 is 5.56 Å². The zero-order valence-electron chi connectivity index (χ0n) is 14.9. The van der Waals surface area contributed by atoms with Crippen LogP contribution >= 0.6 is 11.8 Å². The second-order valence-corrected chi connectivity index (χ2v) is 7.70. The number of nitrogens with zero attached hydrogens (tertiary/aromatic N) is 2. The van der Waals surface area contributed by atoms with E-state index in [1.54, 1.807) is 36.6 Å². The van der Waals surface area contributed by atoms with Gasteiger partial charge in [-0.2, -0.15) is 0 Å². The van der Waals surface area contributed by atoms with E-state index in [2.05, 4.69) is 4.98 Å². The van der Waals surface area contributed by atoms with Gasteiger partial charge in [0.1, 0.15) is 11.4 Å². The summed E-state index contributed by atoms with van der Waals surface area (Å²) in [6.45, 7) is 5.70. The Morgan fingerprint density at radius 1 is 1.23 bits per heavy atom. The van der Waals surface area contributed by atoms with Gasteiger partial charge in [-0.1, -0.05) is 23.9 Å². The maximum Gasteiger partial charge on any atom is 0.316 e. The van der Waals surface area contributed by atoms with Gasteiger partial charge in [-0.15, -0.1) is 0 Å². The van der Waals surface area contributed by atoms with Crippen molar-refractivity contribution >= 4 is 28.6 Å². The predicted octanol–water partition coefficient (Wildman–Crippen LogP) is 3.47. The Morgan fingerprint density at radius 2 is 2.00 bits per heavy atom. The van der Waals surface area contributed by atoms with Crippen molar-refractivity contribution in [2.45, 2.75) is 38.1 Å². The SMILES string of the molecule is CC(C)(C)OC(=O)CSc1nc2ccccc2c(=O)n1Cc1ccco1. The number of furan rings is 1. The van der Waals surface area contributed by atoms with Crippen LogP contribution in [0.1, 0.15) is 26.5 Å². The average molecular weight is 372 g/mol. The van der Waals surface area contributed by atoms with Gasteiger partial charge in [-0.05, 0) is 45.0 Å². The number of carbonyl (C=O) groups excluding carboxylic acids is 1. The van der Waals surface area contributed by atoms with Crippen molar-refractivity contribution in [2.24, 2.45) is 0 Å². The molecule has 0 bridgehead atoms. The largest absolute Gasteiger partial charge is 0.467 e. The number of aromatic nitrogens is 2. The van der Waals surface area contributed by atoms with Crippen molar-refractivity contribution in [3.8, 4) is 0 Å². The van der Waals surface area contributed by atoms with E-state index in [0.29, 0.717) is 21.8 Å². The molecule has 0 radical (unpaired) electrons. The molecular formula is C19H20N2O4S. The minimum Gasteiger partial charge on any atom is -0.467 e. The van der Waals surface area contributed by atoms with Gasteiger partial charge in [0.25, 0.3) is 5.56 Å². The van der Waals surface area contributed by atoms with E-state index in [1.165, 1.54) is 16.3 Å². The van der Waals surface area contributed by atoms with Crippen molar-refractivity contribution in [3.05, 3.63) is 58.8 Å². The molecule has 3 rings (SSSR count). The van der Waals surface area contributed by atoms with Crippen molar-refractivity contribution in [3.63, 3.8) is 0 Å². The van der Waals surface area contributed by atoms with Crippen LogP contribution in [-0.4, -0.2) is 26.9 Å². The standard InChI is InChI=1S/C19H20N2O4S/c1-19(2,3)25-16(22)12-26-18-20-15-9-5-4-8-14(15)17(23)21(18)11-13-7-6-10-24-13/h4-10H,11-12H2,1-3H3. The number of para-hydroxylation sites is 1. The van der Waals surface area contributed by atoms with Gasteiger partial charge in [0.2, 0.25) is 0 Å². The van der Waals surface area contributed by atoms with Crippen molar-refractivity contribution in [1.29, 1.82) is 0 Å². The molecule has 0 N–H and O–H groups in total. The number of benzene rings is 1. The summed E-state index contributed by atoms with van der Waals surface area (Å²) in [5, 5.41) is 0.983. The Kier molecular flexibility index (Phi) is 5.18. The van der Waals surface area contributed by atoms with Gasteiger partial charge in [0.05, 0.1) is 29.5 Å². The van der Waals surface area contributed by atoms with Crippen LogP contribution in [0.3, 0.4) is 0 Å². The molecule has 2 heterocycles. The topological polar surface area (TPSA) is 74.3 Å². The molecule has 0 unspecified atom stereocenters. The van der Waals surface area contributed by atoms with Gasteiger partial charge in [0, 0.05) is 0 Å². The van der Waals surface area contributed by atoms with Crippen LogP contribution in [0, 0.1) is 0 Å². The molecule has 0 saturated heterocycles. The monoisotopic (exact) mass is 372 g/mol. The summed E-state index contributed by atoms with van der Waals surface area (Å²) in [6.07, 6.45) is 1.56. The summed E-state index contributed by atoms with van der Waals surface area (Å²) in [5.41, 5.74) is -0.124. The maximum absolute atomic E-state index is 12.9. The second-order valence-electron chi connectivity index (χ2n) is 6.76. The highest BCUT2D eigenvalue weighted by atomic mass is 32.2. The highest BCUT2D eigenvalue weighted by Crippen LogP contribution is 2.20. The van der Waals surface area contributed by atoms with E-state index < -0.39 is 5.60 Å². The Hall–Kier alpha value is -2.54. The summed E-state index contributed by atoms with van der Waals surface area (Å²) in [6, 6.07) is 10.7. The molecule has 0 atom stereocenters. The minimum atomic E-state index is -0.553. The molecule has 2 aromatic heterocycles. The van der Waals surface area contributed by atoms with Crippen molar-refractivity contribution in [2.75, 3.05) is 5.75 Å². The fourth-order valence-corrected chi connectivity index (χ4v) is 3.22. The highest BCUT2D eigenvalue weighted by Gasteiger charge is 2.19. The van der Waals surface area contributed by atoms with Gasteiger partial charge < -0.3 is 9.15 Å². The number of rotatable bonds is 5. The number of carbonyl (C=O) groups is 1. The van der Waals surface area contributed by atoms with E-state index in [9.17, 15) is 9.59 Å². The van der Waals surface area contributed by atoms with Crippen LogP contribution in [0.5, 0.6) is 0 Å². The molecule has 0 spiro atoms. The second kappa shape index (κ2) is 7.37. The van der Waals surface area contributed by atoms with E-state index in [0.717, 1.165) is 0 Å². The summed E-state index contributed by atoms with van der Waals surface area (Å²) < 4.78 is 12.2. The zero-order chi connectivity index (χ0) is 18.7. The molecule has 0 aliphatic heterocycles. The molecule has 1 aromatic carbocycles. The molecule has 0 fully saturated rings. The molecular weight excluding hydrogens is 352 g/mol. The fraction of sp³-hybridized carbons (Fsp3) is 0.316. The first kappa shape index (κ1) is 18.3. The number of ether oxygens (including phenoxy) is 1. The summed E-state index contributed by atoms with van der Waals surface area (Å²) in [4.78, 5) is 29.5. The Labute approximate surface area is 155 Å². The van der Waals surface area contributed by atoms with E-state index in [-0.39, 0.29) is 23.8 Å². The number of hydrogen-bond donors (Lipinski definition) is 0. The lowest BCUT2D eigenvalue weighted by atomic mass is 10.2. The first-order valence-corrected chi connectivity index (χ1v) is 9.19.